The van der Waals surface area contributed by atoms with Crippen LogP contribution in [0.1, 0.15) is 68.4 Å². The van der Waals surface area contributed by atoms with Crippen molar-refractivity contribution in [1.29, 1.82) is 0 Å². The number of benzene rings is 1. The summed E-state index contributed by atoms with van der Waals surface area (Å²) in [4.78, 5) is 16.7. The van der Waals surface area contributed by atoms with Crippen LogP contribution in [0.15, 0.2) is 42.6 Å². The van der Waals surface area contributed by atoms with Crippen molar-refractivity contribution in [1.82, 2.24) is 4.98 Å². The van der Waals surface area contributed by atoms with Crippen molar-refractivity contribution in [3.05, 3.63) is 53.9 Å². The Morgan fingerprint density at radius 2 is 1.64 bits per heavy atom. The summed E-state index contributed by atoms with van der Waals surface area (Å²) in [6, 6.07) is 10.8. The fraction of sp³-hybridized carbons (Fsp3) is 0.500. The molecule has 0 radical (unpaired) electrons. The van der Waals surface area contributed by atoms with Crippen molar-refractivity contribution in [2.45, 2.75) is 58.8 Å². The minimum Gasteiger partial charge on any atom is -0.494 e. The summed E-state index contributed by atoms with van der Waals surface area (Å²) in [6.45, 7) is 4.83. The minimum absolute atomic E-state index is 0.384. The lowest BCUT2D eigenvalue weighted by atomic mass is 9.79. The highest BCUT2D eigenvalue weighted by molar-refractivity contribution is 5.91. The number of aromatic nitrogens is 1. The minimum atomic E-state index is -0.384. The molecule has 0 spiro atoms. The molecule has 28 heavy (non-hydrogen) atoms. The first-order chi connectivity index (χ1) is 13.7. The first-order valence-electron chi connectivity index (χ1n) is 10.6. The summed E-state index contributed by atoms with van der Waals surface area (Å²) in [5.41, 5.74) is 1.56. The third-order valence-corrected chi connectivity index (χ3v) is 5.76. The van der Waals surface area contributed by atoms with Gasteiger partial charge in [0.05, 0.1) is 18.4 Å². The van der Waals surface area contributed by atoms with E-state index in [9.17, 15) is 4.79 Å². The zero-order chi connectivity index (χ0) is 19.8. The molecule has 1 aliphatic carbocycles. The van der Waals surface area contributed by atoms with Gasteiger partial charge in [0.25, 0.3) is 0 Å². The lowest BCUT2D eigenvalue weighted by Gasteiger charge is -2.27. The molecular formula is C24H31NO3. The topological polar surface area (TPSA) is 48.4 Å². The first kappa shape index (κ1) is 20.4. The molecule has 0 saturated heterocycles. The third-order valence-electron chi connectivity index (χ3n) is 5.76. The molecule has 0 amide bonds. The van der Waals surface area contributed by atoms with Gasteiger partial charge in [-0.15, -0.1) is 0 Å². The van der Waals surface area contributed by atoms with Gasteiger partial charge in [-0.3, -0.25) is 4.98 Å². The van der Waals surface area contributed by atoms with Crippen LogP contribution in [0.25, 0.3) is 0 Å². The predicted octanol–water partition coefficient (Wildman–Crippen LogP) is 5.85. The third kappa shape index (κ3) is 5.82. The van der Waals surface area contributed by atoms with E-state index in [0.717, 1.165) is 29.7 Å². The van der Waals surface area contributed by atoms with Crippen LogP contribution in [0.5, 0.6) is 11.5 Å². The van der Waals surface area contributed by atoms with Gasteiger partial charge in [-0.1, -0.05) is 39.0 Å². The van der Waals surface area contributed by atoms with E-state index >= 15 is 0 Å². The lowest BCUT2D eigenvalue weighted by molar-refractivity contribution is 0.0734. The number of esters is 1. The first-order valence-corrected chi connectivity index (χ1v) is 10.6. The standard InChI is InChI=1S/C24H31NO3/c1-3-18-5-7-19(8-6-18)9-12-21-13-16-23(17-25-21)28-24(26)20-10-14-22(15-11-20)27-4-2/h10-11,13-19H,3-9,12H2,1-2H3. The van der Waals surface area contributed by atoms with Crippen LogP contribution in [0.2, 0.25) is 0 Å². The Bertz CT molecular complexity index is 731. The Morgan fingerprint density at radius 1 is 0.964 bits per heavy atom. The maximum absolute atomic E-state index is 12.3. The van der Waals surface area contributed by atoms with Crippen molar-refractivity contribution in [3.8, 4) is 11.5 Å². The molecule has 0 unspecified atom stereocenters. The van der Waals surface area contributed by atoms with E-state index in [4.69, 9.17) is 9.47 Å². The molecule has 2 aromatic rings. The molecule has 150 valence electrons. The van der Waals surface area contributed by atoms with Gasteiger partial charge >= 0.3 is 5.97 Å². The smallest absolute Gasteiger partial charge is 0.343 e. The van der Waals surface area contributed by atoms with E-state index in [-0.39, 0.29) is 5.97 Å². The Morgan fingerprint density at radius 3 is 2.25 bits per heavy atom. The second kappa shape index (κ2) is 10.3. The molecule has 1 fully saturated rings. The Hall–Kier alpha value is -2.36. The Labute approximate surface area is 168 Å². The molecule has 3 rings (SSSR count). The van der Waals surface area contributed by atoms with E-state index in [1.165, 1.54) is 38.5 Å². The summed E-state index contributed by atoms with van der Waals surface area (Å²) in [6.07, 6.45) is 10.7. The van der Waals surface area contributed by atoms with E-state index in [2.05, 4.69) is 11.9 Å². The summed E-state index contributed by atoms with van der Waals surface area (Å²) in [5.74, 6) is 2.62. The van der Waals surface area contributed by atoms with E-state index in [0.29, 0.717) is 17.9 Å². The van der Waals surface area contributed by atoms with E-state index in [1.807, 2.05) is 19.1 Å². The number of aryl methyl sites for hydroxylation is 1. The number of carbonyl (C=O) groups is 1. The lowest BCUT2D eigenvalue weighted by Crippen LogP contribution is -2.14. The van der Waals surface area contributed by atoms with Gasteiger partial charge in [-0.2, -0.15) is 0 Å². The molecular weight excluding hydrogens is 350 g/mol. The quantitative estimate of drug-likeness (QED) is 0.538. The van der Waals surface area contributed by atoms with Gasteiger partial charge in [-0.25, -0.2) is 4.79 Å². The largest absolute Gasteiger partial charge is 0.494 e. The zero-order valence-electron chi connectivity index (χ0n) is 17.0. The maximum Gasteiger partial charge on any atom is 0.343 e. The molecule has 4 nitrogen and oxygen atoms in total. The molecule has 1 aromatic heterocycles. The molecule has 1 aromatic carbocycles. The number of hydrogen-bond acceptors (Lipinski definition) is 4. The predicted molar refractivity (Wildman–Crippen MR) is 111 cm³/mol. The van der Waals surface area contributed by atoms with Crippen LogP contribution >= 0.6 is 0 Å². The van der Waals surface area contributed by atoms with Gasteiger partial charge < -0.3 is 9.47 Å². The zero-order valence-corrected chi connectivity index (χ0v) is 17.0. The summed E-state index contributed by atoms with van der Waals surface area (Å²) >= 11 is 0. The van der Waals surface area contributed by atoms with Crippen LogP contribution in [-0.4, -0.2) is 17.6 Å². The molecule has 0 atom stereocenters. The molecule has 0 bridgehead atoms. The molecule has 1 saturated carbocycles. The summed E-state index contributed by atoms with van der Waals surface area (Å²) in [5, 5.41) is 0. The van der Waals surface area contributed by atoms with Gasteiger partial charge in [-0.05, 0) is 68.0 Å². The molecule has 1 heterocycles. The average molecular weight is 382 g/mol. The number of rotatable bonds is 8. The normalized spacial score (nSPS) is 19.2. The number of pyridine rings is 1. The number of carbonyl (C=O) groups excluding carboxylic acids is 1. The number of nitrogens with zero attached hydrogens (tertiary/aromatic N) is 1. The van der Waals surface area contributed by atoms with E-state index < -0.39 is 0 Å². The van der Waals surface area contributed by atoms with Crippen LogP contribution in [0.4, 0.5) is 0 Å². The molecule has 4 heteroatoms. The van der Waals surface area contributed by atoms with Crippen molar-refractivity contribution < 1.29 is 14.3 Å². The van der Waals surface area contributed by atoms with Crippen LogP contribution in [0.3, 0.4) is 0 Å². The summed E-state index contributed by atoms with van der Waals surface area (Å²) in [7, 11) is 0. The second-order valence-electron chi connectivity index (χ2n) is 7.67. The Kier molecular flexibility index (Phi) is 7.46. The second-order valence-corrected chi connectivity index (χ2v) is 7.67. The van der Waals surface area contributed by atoms with Gasteiger partial charge in [0.2, 0.25) is 0 Å². The highest BCUT2D eigenvalue weighted by atomic mass is 16.5. The van der Waals surface area contributed by atoms with Gasteiger partial charge in [0.15, 0.2) is 0 Å². The Balaban J connectivity index is 1.46. The molecule has 0 N–H and O–H groups in total. The van der Waals surface area contributed by atoms with Gasteiger partial charge in [0, 0.05) is 5.69 Å². The highest BCUT2D eigenvalue weighted by Gasteiger charge is 2.19. The number of hydrogen-bond donors (Lipinski definition) is 0. The van der Waals surface area contributed by atoms with Gasteiger partial charge in [0.1, 0.15) is 11.5 Å². The van der Waals surface area contributed by atoms with Crippen LogP contribution in [-0.2, 0) is 6.42 Å². The van der Waals surface area contributed by atoms with Crippen molar-refractivity contribution in [3.63, 3.8) is 0 Å². The maximum atomic E-state index is 12.3. The molecule has 0 aliphatic heterocycles. The monoisotopic (exact) mass is 381 g/mol. The number of ether oxygens (including phenoxy) is 2. The van der Waals surface area contributed by atoms with Crippen LogP contribution < -0.4 is 9.47 Å². The van der Waals surface area contributed by atoms with Crippen molar-refractivity contribution in [2.24, 2.45) is 11.8 Å². The average Bonchev–Trinajstić information content (AvgIpc) is 2.74. The van der Waals surface area contributed by atoms with Crippen molar-refractivity contribution >= 4 is 5.97 Å². The fourth-order valence-electron chi connectivity index (χ4n) is 3.92. The van der Waals surface area contributed by atoms with Crippen LogP contribution in [0, 0.1) is 11.8 Å². The summed E-state index contributed by atoms with van der Waals surface area (Å²) < 4.78 is 10.8. The molecule has 1 aliphatic rings. The van der Waals surface area contributed by atoms with E-state index in [1.54, 1.807) is 30.5 Å². The highest BCUT2D eigenvalue weighted by Crippen LogP contribution is 2.33. The van der Waals surface area contributed by atoms with Crippen molar-refractivity contribution in [2.75, 3.05) is 6.61 Å². The fourth-order valence-corrected chi connectivity index (χ4v) is 3.92. The SMILES string of the molecule is CCOc1ccc(C(=O)Oc2ccc(CCC3CCC(CC)CC3)nc2)cc1.